The molecular weight excluding hydrogens is 485 g/mol. The number of ether oxygens (including phenoxy) is 1. The second-order valence-corrected chi connectivity index (χ2v) is 9.02. The minimum atomic E-state index is -0.481. The molecule has 0 spiro atoms. The Kier molecular flexibility index (Phi) is 8.84. The van der Waals surface area contributed by atoms with Crippen LogP contribution in [0.15, 0.2) is 4.99 Å². The minimum absolute atomic E-state index is 0. The number of rotatable bonds is 4. The van der Waals surface area contributed by atoms with E-state index in [0.29, 0.717) is 38.6 Å². The van der Waals surface area contributed by atoms with E-state index in [1.165, 1.54) is 19.3 Å². The van der Waals surface area contributed by atoms with E-state index in [0.717, 1.165) is 25.3 Å². The lowest BCUT2D eigenvalue weighted by Crippen LogP contribution is -2.57. The van der Waals surface area contributed by atoms with E-state index >= 15 is 0 Å². The van der Waals surface area contributed by atoms with Crippen LogP contribution in [0.5, 0.6) is 0 Å². The van der Waals surface area contributed by atoms with Crippen LogP contribution in [-0.2, 0) is 9.53 Å². The molecule has 0 aromatic carbocycles. The molecule has 2 amide bonds. The topological polar surface area (TPSA) is 86.3 Å². The molecule has 8 nitrogen and oxygen atoms in total. The van der Waals surface area contributed by atoms with Crippen molar-refractivity contribution in [2.45, 2.75) is 77.0 Å². The van der Waals surface area contributed by atoms with E-state index in [-0.39, 0.29) is 42.0 Å². The van der Waals surface area contributed by atoms with Gasteiger partial charge < -0.3 is 25.2 Å². The van der Waals surface area contributed by atoms with Crippen molar-refractivity contribution in [1.82, 2.24) is 20.4 Å². The van der Waals surface area contributed by atoms with Gasteiger partial charge in [-0.3, -0.25) is 9.79 Å². The molecule has 29 heavy (non-hydrogen) atoms. The second kappa shape index (κ2) is 10.7. The van der Waals surface area contributed by atoms with Crippen LogP contribution in [0.4, 0.5) is 4.79 Å². The summed E-state index contributed by atoms with van der Waals surface area (Å²) >= 11 is 0. The Morgan fingerprint density at radius 1 is 1.17 bits per heavy atom. The summed E-state index contributed by atoms with van der Waals surface area (Å²) in [5.41, 5.74) is -0.481. The number of nitrogens with one attached hydrogen (secondary N) is 2. The molecule has 0 bridgehead atoms. The van der Waals surface area contributed by atoms with Crippen molar-refractivity contribution in [1.29, 1.82) is 0 Å². The van der Waals surface area contributed by atoms with Crippen LogP contribution in [0.25, 0.3) is 0 Å². The summed E-state index contributed by atoms with van der Waals surface area (Å²) in [6, 6.07) is 0.537. The minimum Gasteiger partial charge on any atom is -0.444 e. The highest BCUT2D eigenvalue weighted by molar-refractivity contribution is 14.0. The van der Waals surface area contributed by atoms with E-state index in [2.05, 4.69) is 20.5 Å². The molecule has 0 radical (unpaired) electrons. The molecule has 2 aliphatic heterocycles. The first-order valence-electron chi connectivity index (χ1n) is 10.6. The van der Waals surface area contributed by atoms with Gasteiger partial charge in [0.25, 0.3) is 0 Å². The summed E-state index contributed by atoms with van der Waals surface area (Å²) < 4.78 is 5.48. The highest BCUT2D eigenvalue weighted by atomic mass is 127. The Bertz CT molecular complexity index is 601. The van der Waals surface area contributed by atoms with Gasteiger partial charge in [-0.15, -0.1) is 24.0 Å². The summed E-state index contributed by atoms with van der Waals surface area (Å²) in [6.07, 6.45) is 6.14. The normalized spacial score (nSPS) is 22.3. The van der Waals surface area contributed by atoms with Crippen LogP contribution in [-0.4, -0.2) is 78.2 Å². The molecule has 2 fully saturated rings. The largest absolute Gasteiger partial charge is 0.444 e. The third-order valence-electron chi connectivity index (χ3n) is 5.46. The van der Waals surface area contributed by atoms with Crippen molar-refractivity contribution < 1.29 is 14.3 Å². The second-order valence-electron chi connectivity index (χ2n) is 9.02. The van der Waals surface area contributed by atoms with Gasteiger partial charge >= 0.3 is 6.09 Å². The van der Waals surface area contributed by atoms with Gasteiger partial charge in [0.1, 0.15) is 5.60 Å². The lowest BCUT2D eigenvalue weighted by Gasteiger charge is -2.39. The fourth-order valence-corrected chi connectivity index (χ4v) is 4.06. The number of nitrogens with zero attached hydrogens (tertiary/aromatic N) is 3. The Labute approximate surface area is 191 Å². The van der Waals surface area contributed by atoms with Gasteiger partial charge in [0.2, 0.25) is 5.91 Å². The van der Waals surface area contributed by atoms with Gasteiger partial charge in [-0.05, 0) is 33.6 Å². The highest BCUT2D eigenvalue weighted by Gasteiger charge is 2.36. The average Bonchev–Trinajstić information content (AvgIpc) is 3.03. The van der Waals surface area contributed by atoms with E-state index in [1.807, 2.05) is 20.8 Å². The average molecular weight is 521 g/mol. The first-order valence-corrected chi connectivity index (χ1v) is 10.6. The summed E-state index contributed by atoms with van der Waals surface area (Å²) in [4.78, 5) is 33.0. The van der Waals surface area contributed by atoms with Crippen molar-refractivity contribution in [3.63, 3.8) is 0 Å². The van der Waals surface area contributed by atoms with Crippen molar-refractivity contribution in [2.24, 2.45) is 4.99 Å². The zero-order valence-corrected chi connectivity index (χ0v) is 20.2. The van der Waals surface area contributed by atoms with Crippen LogP contribution in [0.2, 0.25) is 0 Å². The number of aliphatic imine (C=N–C) groups is 1. The van der Waals surface area contributed by atoms with E-state index in [1.54, 1.807) is 4.90 Å². The van der Waals surface area contributed by atoms with Crippen LogP contribution in [0.1, 0.15) is 59.3 Å². The Balaban J connectivity index is 0.00000300. The van der Waals surface area contributed by atoms with E-state index in [4.69, 9.17) is 4.74 Å². The van der Waals surface area contributed by atoms with Crippen molar-refractivity contribution >= 4 is 41.9 Å². The molecule has 2 heterocycles. The van der Waals surface area contributed by atoms with Gasteiger partial charge in [0, 0.05) is 38.6 Å². The predicted octanol–water partition coefficient (Wildman–Crippen LogP) is 2.32. The molecule has 3 aliphatic rings. The number of guanidine groups is 1. The molecule has 1 saturated carbocycles. The SMILES string of the molecule is CC(C)(C)OC(=O)N1CCN2C(NCCC(=O)NC3CCCCC3)=NCC2C1.I. The molecule has 3 rings (SSSR count). The lowest BCUT2D eigenvalue weighted by atomic mass is 9.95. The standard InChI is InChI=1S/C20H35N5O3.HI/c1-20(2,3)28-19(27)24-11-12-25-16(14-24)13-22-18(25)21-10-9-17(26)23-15-7-5-4-6-8-15;/h15-16H,4-14H2,1-3H3,(H,21,22)(H,23,26);1H. The molecule has 166 valence electrons. The maximum absolute atomic E-state index is 12.3. The molecule has 1 aliphatic carbocycles. The number of piperazine rings is 1. The quantitative estimate of drug-likeness (QED) is 0.555. The number of fused-ring (bicyclic) bond motifs is 1. The third-order valence-corrected chi connectivity index (χ3v) is 5.46. The molecule has 0 aromatic heterocycles. The molecule has 1 unspecified atom stereocenters. The summed E-state index contributed by atoms with van der Waals surface area (Å²) in [6.45, 7) is 8.85. The van der Waals surface area contributed by atoms with Crippen molar-refractivity contribution in [3.8, 4) is 0 Å². The summed E-state index contributed by atoms with van der Waals surface area (Å²) in [7, 11) is 0. The Morgan fingerprint density at radius 2 is 1.90 bits per heavy atom. The van der Waals surface area contributed by atoms with Crippen LogP contribution >= 0.6 is 24.0 Å². The monoisotopic (exact) mass is 521 g/mol. The van der Waals surface area contributed by atoms with Gasteiger partial charge in [-0.2, -0.15) is 0 Å². The number of hydrogen-bond acceptors (Lipinski definition) is 6. The maximum atomic E-state index is 12.3. The number of carbonyl (C=O) groups is 2. The Hall–Kier alpha value is -1.26. The zero-order chi connectivity index (χ0) is 20.1. The third kappa shape index (κ3) is 7.18. The number of carbonyl (C=O) groups excluding carboxylic acids is 2. The molecule has 0 aromatic rings. The first-order chi connectivity index (χ1) is 13.3. The summed E-state index contributed by atoms with van der Waals surface area (Å²) in [5, 5.41) is 6.46. The molecule has 1 atom stereocenters. The number of amides is 2. The van der Waals surface area contributed by atoms with Crippen molar-refractivity contribution in [2.75, 3.05) is 32.7 Å². The van der Waals surface area contributed by atoms with Crippen molar-refractivity contribution in [3.05, 3.63) is 0 Å². The molecule has 2 N–H and O–H groups in total. The zero-order valence-electron chi connectivity index (χ0n) is 17.9. The van der Waals surface area contributed by atoms with Gasteiger partial charge in [0.05, 0.1) is 12.6 Å². The van der Waals surface area contributed by atoms with Crippen LogP contribution in [0.3, 0.4) is 0 Å². The maximum Gasteiger partial charge on any atom is 0.410 e. The lowest BCUT2D eigenvalue weighted by molar-refractivity contribution is -0.121. The van der Waals surface area contributed by atoms with Crippen LogP contribution in [0, 0.1) is 0 Å². The first kappa shape index (κ1) is 24.0. The highest BCUT2D eigenvalue weighted by Crippen LogP contribution is 2.19. The van der Waals surface area contributed by atoms with Gasteiger partial charge in [-0.25, -0.2) is 4.79 Å². The Morgan fingerprint density at radius 3 is 2.59 bits per heavy atom. The van der Waals surface area contributed by atoms with Crippen LogP contribution < -0.4 is 10.6 Å². The fourth-order valence-electron chi connectivity index (χ4n) is 4.06. The fraction of sp³-hybridized carbons (Fsp3) is 0.850. The van der Waals surface area contributed by atoms with E-state index < -0.39 is 5.60 Å². The predicted molar refractivity (Wildman–Crippen MR) is 124 cm³/mol. The molecule has 1 saturated heterocycles. The number of halogens is 1. The summed E-state index contributed by atoms with van der Waals surface area (Å²) in [5.74, 6) is 0.962. The smallest absolute Gasteiger partial charge is 0.410 e. The molecule has 9 heteroatoms. The van der Waals surface area contributed by atoms with Gasteiger partial charge in [0.15, 0.2) is 5.96 Å². The van der Waals surface area contributed by atoms with E-state index in [9.17, 15) is 9.59 Å². The molecular formula is C20H36IN5O3. The van der Waals surface area contributed by atoms with Gasteiger partial charge in [-0.1, -0.05) is 19.3 Å². The number of hydrogen-bond donors (Lipinski definition) is 2.